The molecular formula is C27H35N7O2Si. The first-order valence-electron chi connectivity index (χ1n) is 12.8. The van der Waals surface area contributed by atoms with Crippen LogP contribution in [0.25, 0.3) is 16.8 Å². The average Bonchev–Trinajstić information content (AvgIpc) is 3.60. The van der Waals surface area contributed by atoms with Gasteiger partial charge < -0.3 is 14.5 Å². The van der Waals surface area contributed by atoms with E-state index in [1.807, 2.05) is 53.5 Å². The molecule has 1 saturated heterocycles. The molecule has 0 spiro atoms. The van der Waals surface area contributed by atoms with E-state index in [1.165, 1.54) is 6.42 Å². The third-order valence-corrected chi connectivity index (χ3v) is 8.50. The van der Waals surface area contributed by atoms with Crippen molar-refractivity contribution in [3.63, 3.8) is 0 Å². The van der Waals surface area contributed by atoms with Crippen LogP contribution in [-0.4, -0.2) is 63.2 Å². The fraction of sp³-hybridized carbons (Fsp3) is 0.407. The summed E-state index contributed by atoms with van der Waals surface area (Å²) in [5, 5.41) is 7.30. The second-order valence-corrected chi connectivity index (χ2v) is 16.6. The van der Waals surface area contributed by atoms with Gasteiger partial charge in [-0.2, -0.15) is 5.10 Å². The molecule has 37 heavy (non-hydrogen) atoms. The number of anilines is 1. The lowest BCUT2D eigenvalue weighted by molar-refractivity contribution is 0.0786. The minimum absolute atomic E-state index is 0.208. The van der Waals surface area contributed by atoms with Crippen LogP contribution in [0, 0.1) is 0 Å². The van der Waals surface area contributed by atoms with E-state index in [0.29, 0.717) is 24.2 Å². The summed E-state index contributed by atoms with van der Waals surface area (Å²) in [5.74, 6) is 0.279. The highest BCUT2D eigenvalue weighted by molar-refractivity contribution is 6.76. The Hall–Kier alpha value is -3.34. The number of nitrogens with one attached hydrogen (secondary N) is 1. The van der Waals surface area contributed by atoms with Gasteiger partial charge in [0, 0.05) is 38.2 Å². The maximum atomic E-state index is 12.9. The predicted molar refractivity (Wildman–Crippen MR) is 147 cm³/mol. The lowest BCUT2D eigenvalue weighted by Gasteiger charge is -2.16. The van der Waals surface area contributed by atoms with Crippen LogP contribution in [-0.2, 0) is 11.5 Å². The largest absolute Gasteiger partial charge is 0.360 e. The van der Waals surface area contributed by atoms with Crippen LogP contribution in [0.5, 0.6) is 0 Å². The summed E-state index contributed by atoms with van der Waals surface area (Å²) in [5.41, 5.74) is 4.36. The average molecular weight is 518 g/mol. The van der Waals surface area contributed by atoms with Crippen molar-refractivity contribution in [3.05, 3.63) is 66.5 Å². The van der Waals surface area contributed by atoms with Crippen molar-refractivity contribution >= 4 is 25.4 Å². The van der Waals surface area contributed by atoms with Gasteiger partial charge in [0.1, 0.15) is 12.5 Å². The van der Waals surface area contributed by atoms with E-state index < -0.39 is 8.07 Å². The number of fused-ring (bicyclic) bond motifs is 1. The number of likely N-dealkylation sites (tertiary alicyclic amines) is 1. The minimum Gasteiger partial charge on any atom is -0.360 e. The van der Waals surface area contributed by atoms with Gasteiger partial charge in [-0.25, -0.2) is 14.6 Å². The number of amides is 1. The summed E-state index contributed by atoms with van der Waals surface area (Å²) in [6.45, 7) is 9.31. The van der Waals surface area contributed by atoms with Crippen molar-refractivity contribution < 1.29 is 9.53 Å². The normalized spacial score (nSPS) is 16.5. The summed E-state index contributed by atoms with van der Waals surface area (Å²) < 4.78 is 9.51. The van der Waals surface area contributed by atoms with Gasteiger partial charge in [0.2, 0.25) is 0 Å². The van der Waals surface area contributed by atoms with Gasteiger partial charge in [-0.15, -0.1) is 0 Å². The van der Waals surface area contributed by atoms with Gasteiger partial charge >= 0.3 is 0 Å². The van der Waals surface area contributed by atoms with Gasteiger partial charge in [-0.1, -0.05) is 31.8 Å². The smallest absolute Gasteiger partial charge is 0.256 e. The topological polar surface area (TPSA) is 89.6 Å². The van der Waals surface area contributed by atoms with Crippen LogP contribution in [0.1, 0.15) is 34.9 Å². The zero-order valence-electron chi connectivity index (χ0n) is 22.0. The molecule has 10 heteroatoms. The molecule has 1 amide bonds. The molecule has 9 nitrogen and oxygen atoms in total. The lowest BCUT2D eigenvalue weighted by atomic mass is 10.1. The zero-order chi connectivity index (χ0) is 26.0. The van der Waals surface area contributed by atoms with Crippen molar-refractivity contribution in [2.24, 2.45) is 0 Å². The number of imidazole rings is 1. The van der Waals surface area contributed by atoms with Gasteiger partial charge in [0.05, 0.1) is 30.3 Å². The number of ether oxygens (including phenoxy) is 1. The summed E-state index contributed by atoms with van der Waals surface area (Å²) in [6, 6.07) is 8.96. The number of hydrogen-bond acceptors (Lipinski definition) is 6. The Balaban J connectivity index is 1.19. The van der Waals surface area contributed by atoms with Crippen LogP contribution >= 0.6 is 0 Å². The van der Waals surface area contributed by atoms with Gasteiger partial charge in [0.15, 0.2) is 5.65 Å². The molecule has 1 atom stereocenters. The first-order chi connectivity index (χ1) is 17.7. The van der Waals surface area contributed by atoms with Gasteiger partial charge in [0.25, 0.3) is 5.91 Å². The fourth-order valence-electron chi connectivity index (χ4n) is 4.55. The third-order valence-electron chi connectivity index (χ3n) is 6.80. The van der Waals surface area contributed by atoms with Crippen LogP contribution in [0.15, 0.2) is 55.2 Å². The second-order valence-electron chi connectivity index (χ2n) is 11.0. The molecule has 1 N–H and O–H groups in total. The Bertz CT molecular complexity index is 1370. The van der Waals surface area contributed by atoms with Crippen LogP contribution in [0.3, 0.4) is 0 Å². The number of hydrogen-bond donors (Lipinski definition) is 1. The second kappa shape index (κ2) is 10.6. The zero-order valence-corrected chi connectivity index (χ0v) is 23.0. The van der Waals surface area contributed by atoms with E-state index >= 15 is 0 Å². The van der Waals surface area contributed by atoms with Crippen LogP contribution in [0.2, 0.25) is 25.7 Å². The van der Waals surface area contributed by atoms with Crippen LogP contribution in [0.4, 0.5) is 5.82 Å². The molecular weight excluding hydrogens is 482 g/mol. The lowest BCUT2D eigenvalue weighted by Crippen LogP contribution is -2.22. The SMILES string of the molecule is CN1CCC[C@@H]1c1cn2cc(NC(=O)c3ccc(-c4cnn(COCC[Si](C)(C)C)c4)cc3)ncc2n1. The molecule has 5 rings (SSSR count). The molecule has 0 unspecified atom stereocenters. The molecule has 1 aromatic carbocycles. The first kappa shape index (κ1) is 25.3. The standard InChI is InChI=1S/C27H35N7O2Si/c1-32-11-5-6-24(32)23-17-33-18-25(28-15-26(33)30-23)31-27(35)21-9-7-20(8-10-21)22-14-29-34(16-22)19-36-12-13-37(2,3)4/h7-10,14-18,24H,5-6,11-13,19H2,1-4H3,(H,31,35)/t24-/m1/s1. The van der Waals surface area contributed by atoms with E-state index in [2.05, 4.69) is 47.0 Å². The summed E-state index contributed by atoms with van der Waals surface area (Å²) in [7, 11) is 1.03. The van der Waals surface area contributed by atoms with E-state index in [9.17, 15) is 4.79 Å². The van der Waals surface area contributed by atoms with Crippen LogP contribution < -0.4 is 5.32 Å². The number of nitrogens with zero attached hydrogens (tertiary/aromatic N) is 6. The number of benzene rings is 1. The maximum Gasteiger partial charge on any atom is 0.256 e. The molecule has 3 aromatic heterocycles. The molecule has 4 heterocycles. The first-order valence-corrected chi connectivity index (χ1v) is 16.5. The number of carbonyl (C=O) groups is 1. The Morgan fingerprint density at radius 2 is 1.92 bits per heavy atom. The van der Waals surface area contributed by atoms with E-state index in [4.69, 9.17) is 9.72 Å². The Labute approximate surface area is 218 Å². The molecule has 0 aliphatic carbocycles. The molecule has 1 fully saturated rings. The van der Waals surface area contributed by atoms with Crippen molar-refractivity contribution in [1.82, 2.24) is 29.0 Å². The van der Waals surface area contributed by atoms with Gasteiger partial charge in [-0.05, 0) is 50.2 Å². The monoisotopic (exact) mass is 517 g/mol. The quantitative estimate of drug-likeness (QED) is 0.250. The highest BCUT2D eigenvalue weighted by atomic mass is 28.3. The van der Waals surface area contributed by atoms with E-state index in [0.717, 1.165) is 48.1 Å². The molecule has 4 aromatic rings. The molecule has 0 radical (unpaired) electrons. The maximum absolute atomic E-state index is 12.9. The third kappa shape index (κ3) is 6.15. The Kier molecular flexibility index (Phi) is 7.23. The highest BCUT2D eigenvalue weighted by Crippen LogP contribution is 2.29. The van der Waals surface area contributed by atoms with E-state index in [-0.39, 0.29) is 5.91 Å². The highest BCUT2D eigenvalue weighted by Gasteiger charge is 2.25. The number of carbonyl (C=O) groups excluding carboxylic acids is 1. The molecule has 0 bridgehead atoms. The summed E-state index contributed by atoms with van der Waals surface area (Å²) in [4.78, 5) is 24.3. The number of aromatic nitrogens is 5. The van der Waals surface area contributed by atoms with Crippen molar-refractivity contribution in [2.45, 2.75) is 51.3 Å². The number of rotatable bonds is 9. The Morgan fingerprint density at radius 3 is 2.65 bits per heavy atom. The molecule has 0 saturated carbocycles. The Morgan fingerprint density at radius 1 is 1.11 bits per heavy atom. The predicted octanol–water partition coefficient (Wildman–Crippen LogP) is 4.92. The fourth-order valence-corrected chi connectivity index (χ4v) is 5.31. The molecule has 1 aliphatic rings. The summed E-state index contributed by atoms with van der Waals surface area (Å²) >= 11 is 0. The van der Waals surface area contributed by atoms with Crippen molar-refractivity contribution in [1.29, 1.82) is 0 Å². The van der Waals surface area contributed by atoms with Crippen molar-refractivity contribution in [2.75, 3.05) is 25.5 Å². The minimum atomic E-state index is -1.10. The summed E-state index contributed by atoms with van der Waals surface area (Å²) in [6.07, 6.45) is 11.6. The van der Waals surface area contributed by atoms with Crippen molar-refractivity contribution in [3.8, 4) is 11.1 Å². The van der Waals surface area contributed by atoms with Gasteiger partial charge in [-0.3, -0.25) is 9.69 Å². The molecule has 1 aliphatic heterocycles. The van der Waals surface area contributed by atoms with E-state index in [1.54, 1.807) is 10.9 Å². The molecule has 194 valence electrons.